The fraction of sp³-hybridized carbons (Fsp3) is 0.706. The first-order valence-corrected chi connectivity index (χ1v) is 9.77. The first kappa shape index (κ1) is 21.6. The van der Waals surface area contributed by atoms with Crippen LogP contribution in [0.15, 0.2) is 5.38 Å². The van der Waals surface area contributed by atoms with E-state index in [1.807, 2.05) is 0 Å². The topological polar surface area (TPSA) is 91.3 Å². The van der Waals surface area contributed by atoms with E-state index in [1.54, 1.807) is 0 Å². The number of halogens is 3. The molecule has 1 aliphatic carbocycles. The zero-order chi connectivity index (χ0) is 20.1. The van der Waals surface area contributed by atoms with Crippen molar-refractivity contribution in [2.24, 2.45) is 0 Å². The lowest BCUT2D eigenvalue weighted by molar-refractivity contribution is -0.267. The molecule has 3 N–H and O–H groups in total. The Morgan fingerprint density at radius 2 is 1.93 bits per heavy atom. The van der Waals surface area contributed by atoms with E-state index in [1.165, 1.54) is 12.3 Å². The molecule has 0 bridgehead atoms. The summed E-state index contributed by atoms with van der Waals surface area (Å²) < 4.78 is 40.0. The summed E-state index contributed by atoms with van der Waals surface area (Å²) in [5.74, 6) is -1.24. The van der Waals surface area contributed by atoms with E-state index in [4.69, 9.17) is 0 Å². The van der Waals surface area contributed by atoms with Crippen LogP contribution in [0.3, 0.4) is 0 Å². The second-order valence-electron chi connectivity index (χ2n) is 6.83. The van der Waals surface area contributed by atoms with Crippen LogP contribution >= 0.6 is 11.3 Å². The van der Waals surface area contributed by atoms with E-state index in [0.29, 0.717) is 17.0 Å². The van der Waals surface area contributed by atoms with Gasteiger partial charge in [-0.1, -0.05) is 19.3 Å². The monoisotopic (exact) mass is 407 g/mol. The highest BCUT2D eigenvalue weighted by Gasteiger charge is 2.58. The Morgan fingerprint density at radius 1 is 1.26 bits per heavy atom. The maximum Gasteiger partial charge on any atom is 0.424 e. The van der Waals surface area contributed by atoms with Crippen molar-refractivity contribution >= 4 is 23.2 Å². The van der Waals surface area contributed by atoms with Gasteiger partial charge in [-0.25, -0.2) is 4.98 Å². The van der Waals surface area contributed by atoms with Crippen LogP contribution in [0.2, 0.25) is 0 Å². The zero-order valence-electron chi connectivity index (χ0n) is 15.1. The number of thiazole rings is 1. The summed E-state index contributed by atoms with van der Waals surface area (Å²) >= 11 is 0.648. The van der Waals surface area contributed by atoms with Gasteiger partial charge in [-0.15, -0.1) is 11.3 Å². The SMILES string of the molecule is Cc1csc(C(O)(CC(=O)NCCC(=O)NC2CCCCC2)C(F)(F)F)n1. The van der Waals surface area contributed by atoms with Crippen molar-refractivity contribution < 1.29 is 27.9 Å². The number of aromatic nitrogens is 1. The van der Waals surface area contributed by atoms with Gasteiger partial charge >= 0.3 is 6.18 Å². The summed E-state index contributed by atoms with van der Waals surface area (Å²) in [4.78, 5) is 27.5. The van der Waals surface area contributed by atoms with Crippen molar-refractivity contribution in [2.75, 3.05) is 6.54 Å². The lowest BCUT2D eigenvalue weighted by Gasteiger charge is -2.28. The van der Waals surface area contributed by atoms with Crippen LogP contribution in [0.1, 0.15) is 55.6 Å². The van der Waals surface area contributed by atoms with Crippen molar-refractivity contribution in [1.82, 2.24) is 15.6 Å². The maximum absolute atomic E-state index is 13.3. The standard InChI is InChI=1S/C17H24F3N3O3S/c1-11-10-27-15(22-11)16(26,17(18,19)20)9-14(25)21-8-7-13(24)23-12-5-3-2-4-6-12/h10,12,26H,2-9H2,1H3,(H,21,25)(H,23,24). The van der Waals surface area contributed by atoms with Gasteiger partial charge in [0.05, 0.1) is 6.42 Å². The van der Waals surface area contributed by atoms with Crippen molar-refractivity contribution in [3.8, 4) is 0 Å². The molecule has 1 fully saturated rings. The van der Waals surface area contributed by atoms with Crippen LogP contribution in [0.4, 0.5) is 13.2 Å². The molecule has 10 heteroatoms. The fourth-order valence-corrected chi connectivity index (χ4v) is 3.91. The minimum absolute atomic E-state index is 0.0248. The van der Waals surface area contributed by atoms with E-state index < -0.39 is 29.1 Å². The van der Waals surface area contributed by atoms with Gasteiger partial charge in [0, 0.05) is 30.1 Å². The van der Waals surface area contributed by atoms with E-state index in [0.717, 1.165) is 32.1 Å². The third-order valence-corrected chi connectivity index (χ3v) is 5.61. The average molecular weight is 407 g/mol. The Kier molecular flexibility index (Phi) is 7.21. The van der Waals surface area contributed by atoms with Gasteiger partial charge in [0.2, 0.25) is 17.4 Å². The number of hydrogen-bond donors (Lipinski definition) is 3. The number of alkyl halides is 3. The summed E-state index contributed by atoms with van der Waals surface area (Å²) in [5, 5.41) is 16.1. The third kappa shape index (κ3) is 5.90. The van der Waals surface area contributed by atoms with Gasteiger partial charge in [-0.05, 0) is 19.8 Å². The maximum atomic E-state index is 13.3. The van der Waals surface area contributed by atoms with Gasteiger partial charge in [0.1, 0.15) is 5.01 Å². The van der Waals surface area contributed by atoms with Gasteiger partial charge in [0.25, 0.3) is 0 Å². The normalized spacial score (nSPS) is 18.0. The van der Waals surface area contributed by atoms with Gasteiger partial charge in [0.15, 0.2) is 0 Å². The van der Waals surface area contributed by atoms with Crippen molar-refractivity contribution in [3.63, 3.8) is 0 Å². The molecule has 0 spiro atoms. The molecule has 2 amide bonds. The van der Waals surface area contributed by atoms with Crippen LogP contribution in [0.25, 0.3) is 0 Å². The highest BCUT2D eigenvalue weighted by Crippen LogP contribution is 2.42. The number of nitrogens with one attached hydrogen (secondary N) is 2. The third-order valence-electron chi connectivity index (χ3n) is 4.50. The second kappa shape index (κ2) is 9.01. The minimum atomic E-state index is -5.05. The molecule has 1 aliphatic rings. The quantitative estimate of drug-likeness (QED) is 0.648. The van der Waals surface area contributed by atoms with Crippen molar-refractivity contribution in [2.45, 2.75) is 69.7 Å². The first-order chi connectivity index (χ1) is 12.6. The highest BCUT2D eigenvalue weighted by atomic mass is 32.1. The first-order valence-electron chi connectivity index (χ1n) is 8.89. The van der Waals surface area contributed by atoms with E-state index >= 15 is 0 Å². The molecule has 1 aromatic rings. The molecule has 27 heavy (non-hydrogen) atoms. The van der Waals surface area contributed by atoms with Crippen LogP contribution in [-0.2, 0) is 15.2 Å². The molecule has 152 valence electrons. The lowest BCUT2D eigenvalue weighted by Crippen LogP contribution is -2.46. The number of carbonyl (C=O) groups is 2. The van der Waals surface area contributed by atoms with E-state index in [-0.39, 0.29) is 24.9 Å². The molecule has 1 heterocycles. The lowest BCUT2D eigenvalue weighted by atomic mass is 9.95. The molecule has 1 unspecified atom stereocenters. The molecule has 2 rings (SSSR count). The van der Waals surface area contributed by atoms with Crippen LogP contribution in [0, 0.1) is 6.92 Å². The molecular weight excluding hydrogens is 383 g/mol. The van der Waals surface area contributed by atoms with Gasteiger partial charge < -0.3 is 15.7 Å². The van der Waals surface area contributed by atoms with Crippen LogP contribution < -0.4 is 10.6 Å². The minimum Gasteiger partial charge on any atom is -0.374 e. The van der Waals surface area contributed by atoms with Gasteiger partial charge in [-0.3, -0.25) is 9.59 Å². The molecule has 0 aromatic carbocycles. The molecule has 1 aromatic heterocycles. The van der Waals surface area contributed by atoms with Crippen LogP contribution in [-0.4, -0.2) is 40.7 Å². The smallest absolute Gasteiger partial charge is 0.374 e. The Morgan fingerprint density at radius 3 is 2.48 bits per heavy atom. The molecule has 0 radical (unpaired) electrons. The number of rotatable bonds is 7. The molecule has 6 nitrogen and oxygen atoms in total. The van der Waals surface area contributed by atoms with Gasteiger partial charge in [-0.2, -0.15) is 13.2 Å². The summed E-state index contributed by atoms with van der Waals surface area (Å²) in [5.41, 5.74) is -3.02. The van der Waals surface area contributed by atoms with Crippen molar-refractivity contribution in [3.05, 3.63) is 16.1 Å². The number of aliphatic hydroxyl groups is 1. The second-order valence-corrected chi connectivity index (χ2v) is 7.69. The van der Waals surface area contributed by atoms with E-state index in [9.17, 15) is 27.9 Å². The molecule has 1 atom stereocenters. The predicted octanol–water partition coefficient (Wildman–Crippen LogP) is 2.55. The Labute approximate surface area is 159 Å². The Hall–Kier alpha value is -1.68. The number of amides is 2. The predicted molar refractivity (Wildman–Crippen MR) is 94.1 cm³/mol. The summed E-state index contributed by atoms with van der Waals surface area (Å²) in [6, 6.07) is 0.130. The van der Waals surface area contributed by atoms with Crippen LogP contribution in [0.5, 0.6) is 0 Å². The Balaban J connectivity index is 1.84. The number of nitrogens with zero attached hydrogens (tertiary/aromatic N) is 1. The molecule has 1 saturated carbocycles. The summed E-state index contributed by atoms with van der Waals surface area (Å²) in [7, 11) is 0. The highest BCUT2D eigenvalue weighted by molar-refractivity contribution is 7.09. The number of carbonyl (C=O) groups excluding carboxylic acids is 2. The molecule has 0 saturated heterocycles. The average Bonchev–Trinajstić information content (AvgIpc) is 3.01. The number of aryl methyl sites for hydroxylation is 1. The largest absolute Gasteiger partial charge is 0.424 e. The molecular formula is C17H24F3N3O3S. The Bertz CT molecular complexity index is 659. The summed E-state index contributed by atoms with van der Waals surface area (Å²) in [6.45, 7) is 1.41. The van der Waals surface area contributed by atoms with E-state index in [2.05, 4.69) is 15.6 Å². The zero-order valence-corrected chi connectivity index (χ0v) is 15.9. The number of hydrogen-bond acceptors (Lipinski definition) is 5. The summed E-state index contributed by atoms with van der Waals surface area (Å²) in [6.07, 6.45) is -1.15. The molecule has 0 aliphatic heterocycles. The van der Waals surface area contributed by atoms with Crippen molar-refractivity contribution in [1.29, 1.82) is 0 Å². The fourth-order valence-electron chi connectivity index (χ4n) is 3.00.